The molecule has 1 aromatic heterocycles. The number of fused-ring (bicyclic) bond motifs is 1. The number of hydrogen-bond acceptors (Lipinski definition) is 3. The van der Waals surface area contributed by atoms with Gasteiger partial charge in [0.25, 0.3) is 0 Å². The SMILES string of the molecule is CCCCc1cc(N)cc2cnn(C(=O)O)c12. The maximum atomic E-state index is 11.1. The van der Waals surface area contributed by atoms with Crippen LogP contribution in [0.2, 0.25) is 0 Å². The summed E-state index contributed by atoms with van der Waals surface area (Å²) in [5.74, 6) is 0. The molecular formula is C12H15N3O2. The highest BCUT2D eigenvalue weighted by Gasteiger charge is 2.13. The summed E-state index contributed by atoms with van der Waals surface area (Å²) in [4.78, 5) is 11.1. The Balaban J connectivity index is 2.61. The van der Waals surface area contributed by atoms with Gasteiger partial charge in [-0.05, 0) is 30.5 Å². The molecule has 3 N–H and O–H groups in total. The van der Waals surface area contributed by atoms with E-state index in [1.54, 1.807) is 6.07 Å². The minimum atomic E-state index is -1.07. The number of aromatic nitrogens is 2. The Morgan fingerprint density at radius 2 is 2.29 bits per heavy atom. The van der Waals surface area contributed by atoms with E-state index in [0.717, 1.165) is 34.9 Å². The molecule has 0 unspecified atom stereocenters. The summed E-state index contributed by atoms with van der Waals surface area (Å²) >= 11 is 0. The molecule has 0 aliphatic carbocycles. The van der Waals surface area contributed by atoms with Crippen molar-refractivity contribution in [3.05, 3.63) is 23.9 Å². The fraction of sp³-hybridized carbons (Fsp3) is 0.333. The van der Waals surface area contributed by atoms with Crippen LogP contribution in [-0.4, -0.2) is 21.0 Å². The third kappa shape index (κ3) is 2.08. The number of nitrogen functional groups attached to an aromatic ring is 1. The number of aryl methyl sites for hydroxylation is 1. The monoisotopic (exact) mass is 233 g/mol. The van der Waals surface area contributed by atoms with Gasteiger partial charge in [0.05, 0.1) is 11.7 Å². The Morgan fingerprint density at radius 3 is 2.94 bits per heavy atom. The van der Waals surface area contributed by atoms with Crippen molar-refractivity contribution in [1.29, 1.82) is 0 Å². The maximum Gasteiger partial charge on any atom is 0.432 e. The standard InChI is InChI=1S/C12H15N3O2/c1-2-3-4-8-5-10(13)6-9-7-14-15(11(8)9)12(16)17/h5-7H,2-4,13H2,1H3,(H,16,17). The molecule has 0 saturated carbocycles. The molecule has 0 bridgehead atoms. The van der Waals surface area contributed by atoms with Crippen molar-refractivity contribution in [3.8, 4) is 0 Å². The first kappa shape index (κ1) is 11.4. The van der Waals surface area contributed by atoms with Gasteiger partial charge < -0.3 is 10.8 Å². The smallest absolute Gasteiger partial charge is 0.432 e. The van der Waals surface area contributed by atoms with Crippen LogP contribution in [0.3, 0.4) is 0 Å². The van der Waals surface area contributed by atoms with Crippen LogP contribution in [0.15, 0.2) is 18.3 Å². The third-order valence-corrected chi connectivity index (χ3v) is 2.75. The average Bonchev–Trinajstić information content (AvgIpc) is 2.69. The number of carboxylic acid groups (broad SMARTS) is 1. The minimum absolute atomic E-state index is 0.647. The molecule has 0 fully saturated rings. The minimum Gasteiger partial charge on any atom is -0.463 e. The summed E-state index contributed by atoms with van der Waals surface area (Å²) in [6.07, 6.45) is 3.34. The number of rotatable bonds is 3. The number of anilines is 1. The summed E-state index contributed by atoms with van der Waals surface area (Å²) in [6.45, 7) is 2.10. The number of nitrogens with two attached hydrogens (primary N) is 1. The van der Waals surface area contributed by atoms with Gasteiger partial charge in [0, 0.05) is 11.1 Å². The predicted molar refractivity (Wildman–Crippen MR) is 66.2 cm³/mol. The van der Waals surface area contributed by atoms with Crippen LogP contribution in [0.5, 0.6) is 0 Å². The fourth-order valence-corrected chi connectivity index (χ4v) is 1.98. The zero-order valence-electron chi connectivity index (χ0n) is 9.68. The molecule has 90 valence electrons. The van der Waals surface area contributed by atoms with Crippen molar-refractivity contribution in [3.63, 3.8) is 0 Å². The summed E-state index contributed by atoms with van der Waals surface area (Å²) in [6, 6.07) is 3.58. The topological polar surface area (TPSA) is 81.1 Å². The lowest BCUT2D eigenvalue weighted by molar-refractivity contribution is 0.194. The zero-order valence-corrected chi connectivity index (χ0v) is 9.68. The average molecular weight is 233 g/mol. The normalized spacial score (nSPS) is 10.9. The van der Waals surface area contributed by atoms with Crippen molar-refractivity contribution in [2.24, 2.45) is 0 Å². The number of unbranched alkanes of at least 4 members (excludes halogenated alkanes) is 1. The van der Waals surface area contributed by atoms with E-state index in [2.05, 4.69) is 12.0 Å². The van der Waals surface area contributed by atoms with Crippen LogP contribution < -0.4 is 5.73 Å². The highest BCUT2D eigenvalue weighted by molar-refractivity contribution is 5.91. The molecule has 0 aliphatic rings. The first-order valence-corrected chi connectivity index (χ1v) is 5.63. The van der Waals surface area contributed by atoms with Gasteiger partial charge in [-0.1, -0.05) is 13.3 Å². The first-order valence-electron chi connectivity index (χ1n) is 5.63. The molecule has 2 rings (SSSR count). The summed E-state index contributed by atoms with van der Waals surface area (Å²) in [7, 11) is 0. The third-order valence-electron chi connectivity index (χ3n) is 2.75. The van der Waals surface area contributed by atoms with E-state index < -0.39 is 6.09 Å². The molecule has 0 atom stereocenters. The van der Waals surface area contributed by atoms with E-state index in [9.17, 15) is 4.79 Å². The van der Waals surface area contributed by atoms with E-state index in [-0.39, 0.29) is 0 Å². The number of hydrogen-bond donors (Lipinski definition) is 2. The molecular weight excluding hydrogens is 218 g/mol. The molecule has 1 aromatic carbocycles. The van der Waals surface area contributed by atoms with Gasteiger partial charge in [-0.2, -0.15) is 9.78 Å². The number of carbonyl (C=O) groups is 1. The van der Waals surface area contributed by atoms with Gasteiger partial charge in [-0.25, -0.2) is 4.79 Å². The lowest BCUT2D eigenvalue weighted by atomic mass is 10.0. The van der Waals surface area contributed by atoms with Crippen molar-refractivity contribution < 1.29 is 9.90 Å². The van der Waals surface area contributed by atoms with Gasteiger partial charge in [0.1, 0.15) is 0 Å². The maximum absolute atomic E-state index is 11.1. The van der Waals surface area contributed by atoms with Crippen LogP contribution in [0.25, 0.3) is 10.9 Å². The Labute approximate surface area is 98.8 Å². The Kier molecular flexibility index (Phi) is 2.99. The zero-order chi connectivity index (χ0) is 12.4. The van der Waals surface area contributed by atoms with Crippen molar-refractivity contribution in [2.75, 3.05) is 5.73 Å². The molecule has 17 heavy (non-hydrogen) atoms. The van der Waals surface area contributed by atoms with Gasteiger partial charge in [-0.3, -0.25) is 0 Å². The van der Waals surface area contributed by atoms with E-state index >= 15 is 0 Å². The van der Waals surface area contributed by atoms with Gasteiger partial charge >= 0.3 is 6.09 Å². The highest BCUT2D eigenvalue weighted by atomic mass is 16.4. The second-order valence-electron chi connectivity index (χ2n) is 4.06. The Bertz CT molecular complexity index is 560. The van der Waals surface area contributed by atoms with E-state index in [1.807, 2.05) is 6.07 Å². The van der Waals surface area contributed by atoms with Crippen LogP contribution in [0.1, 0.15) is 25.3 Å². The van der Waals surface area contributed by atoms with E-state index in [4.69, 9.17) is 10.8 Å². The second kappa shape index (κ2) is 4.45. The lowest BCUT2D eigenvalue weighted by Gasteiger charge is -2.06. The molecule has 2 aromatic rings. The van der Waals surface area contributed by atoms with Crippen molar-refractivity contribution in [2.45, 2.75) is 26.2 Å². The Morgan fingerprint density at radius 1 is 1.53 bits per heavy atom. The largest absolute Gasteiger partial charge is 0.463 e. The quantitative estimate of drug-likeness (QED) is 0.798. The molecule has 5 nitrogen and oxygen atoms in total. The van der Waals surface area contributed by atoms with Crippen molar-refractivity contribution >= 4 is 22.7 Å². The summed E-state index contributed by atoms with van der Waals surface area (Å²) in [5, 5.41) is 13.7. The number of benzene rings is 1. The molecule has 0 amide bonds. The Hall–Kier alpha value is -2.04. The predicted octanol–water partition coefficient (Wildman–Crippen LogP) is 2.49. The van der Waals surface area contributed by atoms with Gasteiger partial charge in [0.15, 0.2) is 0 Å². The second-order valence-corrected chi connectivity index (χ2v) is 4.06. The molecule has 0 spiro atoms. The van der Waals surface area contributed by atoms with Crippen LogP contribution in [-0.2, 0) is 6.42 Å². The van der Waals surface area contributed by atoms with E-state index in [0.29, 0.717) is 11.2 Å². The van der Waals surface area contributed by atoms with Gasteiger partial charge in [-0.15, -0.1) is 0 Å². The number of nitrogens with zero attached hydrogens (tertiary/aromatic N) is 2. The molecule has 5 heteroatoms. The van der Waals surface area contributed by atoms with E-state index in [1.165, 1.54) is 6.20 Å². The van der Waals surface area contributed by atoms with Crippen LogP contribution >= 0.6 is 0 Å². The summed E-state index contributed by atoms with van der Waals surface area (Å²) < 4.78 is 1.01. The molecule has 0 aliphatic heterocycles. The molecule has 0 radical (unpaired) electrons. The highest BCUT2D eigenvalue weighted by Crippen LogP contribution is 2.24. The molecule has 1 heterocycles. The fourth-order valence-electron chi connectivity index (χ4n) is 1.98. The molecule has 0 saturated heterocycles. The lowest BCUT2D eigenvalue weighted by Crippen LogP contribution is -2.10. The van der Waals surface area contributed by atoms with Crippen molar-refractivity contribution in [1.82, 2.24) is 9.78 Å². The van der Waals surface area contributed by atoms with Crippen LogP contribution in [0.4, 0.5) is 10.5 Å². The summed E-state index contributed by atoms with van der Waals surface area (Å²) in [5.41, 5.74) is 8.04. The first-order chi connectivity index (χ1) is 8.13. The van der Waals surface area contributed by atoms with Gasteiger partial charge in [0.2, 0.25) is 0 Å². The van der Waals surface area contributed by atoms with Crippen LogP contribution in [0, 0.1) is 0 Å².